The van der Waals surface area contributed by atoms with Crippen molar-refractivity contribution in [2.24, 2.45) is 5.92 Å². The Balaban J connectivity index is 1.82. The molecule has 8 heteroatoms. The van der Waals surface area contributed by atoms with Crippen LogP contribution in [0, 0.1) is 12.8 Å². The molecule has 1 saturated heterocycles. The van der Waals surface area contributed by atoms with Gasteiger partial charge in [-0.15, -0.1) is 0 Å². The SMILES string of the molecule is Cc1cnc(C(=O)NC(c2nc(C(C)C)no2)C2CCOCC2)cn1. The number of carbonyl (C=O) groups is 1. The van der Waals surface area contributed by atoms with Crippen LogP contribution in [0.3, 0.4) is 0 Å². The number of hydrogen-bond acceptors (Lipinski definition) is 7. The summed E-state index contributed by atoms with van der Waals surface area (Å²) in [6.45, 7) is 7.14. The van der Waals surface area contributed by atoms with E-state index in [2.05, 4.69) is 25.4 Å². The molecule has 2 aromatic heterocycles. The van der Waals surface area contributed by atoms with Gasteiger partial charge in [0.25, 0.3) is 5.91 Å². The number of hydrogen-bond donors (Lipinski definition) is 1. The van der Waals surface area contributed by atoms with E-state index in [1.807, 2.05) is 20.8 Å². The van der Waals surface area contributed by atoms with Crippen molar-refractivity contribution in [3.05, 3.63) is 35.5 Å². The quantitative estimate of drug-likeness (QED) is 0.886. The van der Waals surface area contributed by atoms with Crippen molar-refractivity contribution in [2.45, 2.75) is 45.6 Å². The molecule has 1 N–H and O–H groups in total. The van der Waals surface area contributed by atoms with Crippen LogP contribution in [0.15, 0.2) is 16.9 Å². The van der Waals surface area contributed by atoms with Gasteiger partial charge in [-0.05, 0) is 25.7 Å². The van der Waals surface area contributed by atoms with Crippen molar-refractivity contribution in [1.29, 1.82) is 0 Å². The highest BCUT2D eigenvalue weighted by atomic mass is 16.5. The molecule has 0 aromatic carbocycles. The number of amides is 1. The number of nitrogens with one attached hydrogen (secondary N) is 1. The first kappa shape index (κ1) is 17.5. The smallest absolute Gasteiger partial charge is 0.272 e. The van der Waals surface area contributed by atoms with Crippen LogP contribution in [0.1, 0.15) is 66.5 Å². The fraction of sp³-hybridized carbons (Fsp3) is 0.588. The van der Waals surface area contributed by atoms with Gasteiger partial charge in [-0.1, -0.05) is 19.0 Å². The van der Waals surface area contributed by atoms with Crippen molar-refractivity contribution in [3.8, 4) is 0 Å². The van der Waals surface area contributed by atoms with Crippen LogP contribution in [0.4, 0.5) is 0 Å². The zero-order valence-electron chi connectivity index (χ0n) is 14.7. The zero-order chi connectivity index (χ0) is 17.8. The van der Waals surface area contributed by atoms with Crippen molar-refractivity contribution in [3.63, 3.8) is 0 Å². The standard InChI is InChI=1S/C17H23N5O3/c1-10(2)15-21-17(25-22-15)14(12-4-6-24-7-5-12)20-16(23)13-9-18-11(3)8-19-13/h8-10,12,14H,4-7H2,1-3H3,(H,20,23). The van der Waals surface area contributed by atoms with E-state index >= 15 is 0 Å². The minimum atomic E-state index is -0.362. The molecule has 2 aromatic rings. The fourth-order valence-electron chi connectivity index (χ4n) is 2.76. The number of rotatable bonds is 5. The van der Waals surface area contributed by atoms with Gasteiger partial charge in [0.15, 0.2) is 5.82 Å². The molecule has 0 radical (unpaired) electrons. The Kier molecular flexibility index (Phi) is 5.37. The summed E-state index contributed by atoms with van der Waals surface area (Å²) in [4.78, 5) is 25.3. The van der Waals surface area contributed by atoms with Gasteiger partial charge < -0.3 is 14.6 Å². The predicted molar refractivity (Wildman–Crippen MR) is 88.9 cm³/mol. The van der Waals surface area contributed by atoms with E-state index in [1.54, 1.807) is 6.20 Å². The fourth-order valence-corrected chi connectivity index (χ4v) is 2.76. The first-order valence-corrected chi connectivity index (χ1v) is 8.55. The van der Waals surface area contributed by atoms with Crippen molar-refractivity contribution in [2.75, 3.05) is 13.2 Å². The first-order valence-electron chi connectivity index (χ1n) is 8.55. The Morgan fingerprint density at radius 1 is 1.24 bits per heavy atom. The van der Waals surface area contributed by atoms with Crippen LogP contribution in [0.25, 0.3) is 0 Å². The van der Waals surface area contributed by atoms with Gasteiger partial charge in [0, 0.05) is 25.3 Å². The van der Waals surface area contributed by atoms with Gasteiger partial charge >= 0.3 is 0 Å². The molecule has 1 fully saturated rings. The van der Waals surface area contributed by atoms with E-state index in [-0.39, 0.29) is 29.5 Å². The van der Waals surface area contributed by atoms with E-state index in [0.29, 0.717) is 24.9 Å². The highest BCUT2D eigenvalue weighted by Gasteiger charge is 2.32. The Bertz CT molecular complexity index is 707. The lowest BCUT2D eigenvalue weighted by Gasteiger charge is -2.28. The average Bonchev–Trinajstić information content (AvgIpc) is 3.11. The van der Waals surface area contributed by atoms with E-state index in [4.69, 9.17) is 9.26 Å². The molecule has 3 heterocycles. The third-order valence-corrected chi connectivity index (χ3v) is 4.28. The molecule has 0 bridgehead atoms. The van der Waals surface area contributed by atoms with Crippen LogP contribution < -0.4 is 5.32 Å². The number of ether oxygens (including phenoxy) is 1. The summed E-state index contributed by atoms with van der Waals surface area (Å²) in [6.07, 6.45) is 4.69. The van der Waals surface area contributed by atoms with E-state index in [0.717, 1.165) is 18.5 Å². The molecule has 8 nitrogen and oxygen atoms in total. The lowest BCUT2D eigenvalue weighted by molar-refractivity contribution is 0.0467. The van der Waals surface area contributed by atoms with Gasteiger partial charge in [0.05, 0.1) is 11.9 Å². The maximum Gasteiger partial charge on any atom is 0.272 e. The lowest BCUT2D eigenvalue weighted by Crippen LogP contribution is -2.36. The molecule has 25 heavy (non-hydrogen) atoms. The second-order valence-corrected chi connectivity index (χ2v) is 6.59. The highest BCUT2D eigenvalue weighted by Crippen LogP contribution is 2.30. The summed E-state index contributed by atoms with van der Waals surface area (Å²) < 4.78 is 10.9. The Morgan fingerprint density at radius 3 is 2.60 bits per heavy atom. The van der Waals surface area contributed by atoms with Gasteiger partial charge in [-0.2, -0.15) is 4.98 Å². The maximum atomic E-state index is 12.6. The van der Waals surface area contributed by atoms with E-state index < -0.39 is 0 Å². The third-order valence-electron chi connectivity index (χ3n) is 4.28. The highest BCUT2D eigenvalue weighted by molar-refractivity contribution is 5.92. The summed E-state index contributed by atoms with van der Waals surface area (Å²) in [7, 11) is 0. The number of aryl methyl sites for hydroxylation is 1. The first-order chi connectivity index (χ1) is 12.0. The monoisotopic (exact) mass is 345 g/mol. The third kappa shape index (κ3) is 4.19. The van der Waals surface area contributed by atoms with Crippen LogP contribution in [-0.4, -0.2) is 39.2 Å². The molecule has 3 rings (SSSR count). The minimum absolute atomic E-state index is 0.159. The Morgan fingerprint density at radius 2 is 2.00 bits per heavy atom. The summed E-state index contributed by atoms with van der Waals surface area (Å²) >= 11 is 0. The van der Waals surface area contributed by atoms with Gasteiger partial charge in [-0.3, -0.25) is 9.78 Å². The maximum absolute atomic E-state index is 12.6. The van der Waals surface area contributed by atoms with Crippen LogP contribution in [0.2, 0.25) is 0 Å². The summed E-state index contributed by atoms with van der Waals surface area (Å²) in [6, 6.07) is -0.362. The van der Waals surface area contributed by atoms with Crippen LogP contribution in [0.5, 0.6) is 0 Å². The summed E-state index contributed by atoms with van der Waals surface area (Å²) in [5.41, 5.74) is 1.03. The molecule has 0 saturated carbocycles. The Labute approximate surface area is 146 Å². The lowest BCUT2D eigenvalue weighted by atomic mass is 9.91. The predicted octanol–water partition coefficient (Wildman–Crippen LogP) is 2.19. The van der Waals surface area contributed by atoms with Crippen molar-refractivity contribution < 1.29 is 14.1 Å². The molecular weight excluding hydrogens is 322 g/mol. The summed E-state index contributed by atoms with van der Waals surface area (Å²) in [5.74, 6) is 1.11. The molecule has 1 aliphatic heterocycles. The molecule has 1 atom stereocenters. The molecule has 134 valence electrons. The van der Waals surface area contributed by atoms with Gasteiger partial charge in [-0.25, -0.2) is 4.98 Å². The van der Waals surface area contributed by atoms with E-state index in [1.165, 1.54) is 6.20 Å². The normalized spacial score (nSPS) is 16.8. The largest absolute Gasteiger partial charge is 0.381 e. The van der Waals surface area contributed by atoms with Crippen molar-refractivity contribution >= 4 is 5.91 Å². The van der Waals surface area contributed by atoms with Crippen LogP contribution >= 0.6 is 0 Å². The topological polar surface area (TPSA) is 103 Å². The average molecular weight is 345 g/mol. The zero-order valence-corrected chi connectivity index (χ0v) is 14.7. The molecule has 0 spiro atoms. The molecule has 0 aliphatic carbocycles. The molecular formula is C17H23N5O3. The van der Waals surface area contributed by atoms with E-state index in [9.17, 15) is 4.79 Å². The number of nitrogens with zero attached hydrogens (tertiary/aromatic N) is 4. The molecule has 1 aliphatic rings. The molecule has 1 amide bonds. The molecule has 1 unspecified atom stereocenters. The number of aromatic nitrogens is 4. The minimum Gasteiger partial charge on any atom is -0.381 e. The Hall–Kier alpha value is -2.35. The van der Waals surface area contributed by atoms with Gasteiger partial charge in [0.2, 0.25) is 5.89 Å². The second-order valence-electron chi connectivity index (χ2n) is 6.59. The summed E-state index contributed by atoms with van der Waals surface area (Å²) in [5, 5.41) is 7.02. The second kappa shape index (κ2) is 7.69. The number of carbonyl (C=O) groups excluding carboxylic acids is 1. The van der Waals surface area contributed by atoms with Crippen molar-refractivity contribution in [1.82, 2.24) is 25.4 Å². The van der Waals surface area contributed by atoms with Gasteiger partial charge in [0.1, 0.15) is 11.7 Å². The van der Waals surface area contributed by atoms with Crippen LogP contribution in [-0.2, 0) is 4.74 Å².